The molecular formula is C19H20ClN3OS. The molecule has 0 amide bonds. The highest BCUT2D eigenvalue weighted by Crippen LogP contribution is 2.31. The van der Waals surface area contributed by atoms with Crippen LogP contribution in [0.25, 0.3) is 20.7 Å². The molecule has 0 radical (unpaired) electrons. The third-order valence-corrected chi connectivity index (χ3v) is 6.28. The Morgan fingerprint density at radius 1 is 1.32 bits per heavy atom. The molecule has 0 spiro atoms. The molecule has 4 rings (SSSR count). The van der Waals surface area contributed by atoms with Crippen molar-refractivity contribution < 1.29 is 0 Å². The van der Waals surface area contributed by atoms with Gasteiger partial charge in [-0.15, -0.1) is 11.3 Å². The van der Waals surface area contributed by atoms with Crippen LogP contribution in [-0.4, -0.2) is 27.5 Å². The molecule has 3 heterocycles. The maximum atomic E-state index is 12.5. The second-order valence-corrected chi connectivity index (χ2v) is 8.15. The molecule has 1 aliphatic rings. The van der Waals surface area contributed by atoms with Crippen LogP contribution in [0.3, 0.4) is 0 Å². The highest BCUT2D eigenvalue weighted by molar-refractivity contribution is 7.22. The average Bonchev–Trinajstić information content (AvgIpc) is 3.02. The molecule has 1 N–H and O–H groups in total. The summed E-state index contributed by atoms with van der Waals surface area (Å²) in [7, 11) is 0. The summed E-state index contributed by atoms with van der Waals surface area (Å²) in [4.78, 5) is 23.6. The highest BCUT2D eigenvalue weighted by atomic mass is 35.5. The third kappa shape index (κ3) is 3.50. The van der Waals surface area contributed by atoms with Gasteiger partial charge in [0.1, 0.15) is 10.5 Å². The van der Waals surface area contributed by atoms with E-state index >= 15 is 0 Å². The molecule has 1 atom stereocenters. The molecule has 1 aromatic carbocycles. The first-order valence-electron chi connectivity index (χ1n) is 8.63. The van der Waals surface area contributed by atoms with Gasteiger partial charge < -0.3 is 4.98 Å². The number of nitrogens with zero attached hydrogens (tertiary/aromatic N) is 2. The molecule has 1 aliphatic heterocycles. The summed E-state index contributed by atoms with van der Waals surface area (Å²) >= 11 is 7.43. The summed E-state index contributed by atoms with van der Waals surface area (Å²) in [5.74, 6) is 0.756. The fourth-order valence-corrected chi connectivity index (χ4v) is 4.53. The maximum Gasteiger partial charge on any atom is 0.268 e. The van der Waals surface area contributed by atoms with Crippen LogP contribution >= 0.6 is 22.9 Å². The summed E-state index contributed by atoms with van der Waals surface area (Å²) in [6.45, 7) is 4.03. The number of hydrogen-bond donors (Lipinski definition) is 1. The first kappa shape index (κ1) is 16.8. The van der Waals surface area contributed by atoms with Gasteiger partial charge in [0.15, 0.2) is 0 Å². The molecule has 2 aromatic heterocycles. The number of aromatic nitrogens is 2. The molecule has 3 aromatic rings. The zero-order valence-corrected chi connectivity index (χ0v) is 15.7. The fourth-order valence-electron chi connectivity index (χ4n) is 3.40. The Morgan fingerprint density at radius 3 is 2.88 bits per heavy atom. The molecule has 25 heavy (non-hydrogen) atoms. The van der Waals surface area contributed by atoms with E-state index in [0.29, 0.717) is 22.3 Å². The Morgan fingerprint density at radius 2 is 2.12 bits per heavy atom. The zero-order chi connectivity index (χ0) is 17.4. The van der Waals surface area contributed by atoms with Gasteiger partial charge in [-0.05, 0) is 50.1 Å². The molecule has 1 fully saturated rings. The first-order chi connectivity index (χ1) is 12.1. The second kappa shape index (κ2) is 6.90. The molecule has 0 unspecified atom stereocenters. The minimum atomic E-state index is -0.0464. The molecule has 0 bridgehead atoms. The summed E-state index contributed by atoms with van der Waals surface area (Å²) in [5, 5.41) is 0.707. The van der Waals surface area contributed by atoms with Crippen molar-refractivity contribution in [1.29, 1.82) is 0 Å². The lowest BCUT2D eigenvalue weighted by molar-refractivity contribution is 0.149. The van der Waals surface area contributed by atoms with Gasteiger partial charge in [-0.1, -0.05) is 30.2 Å². The monoisotopic (exact) mass is 373 g/mol. The number of thiophene rings is 1. The maximum absolute atomic E-state index is 12.5. The normalized spacial score (nSPS) is 18.7. The molecule has 130 valence electrons. The number of H-pyrrole nitrogens is 1. The second-order valence-electron chi connectivity index (χ2n) is 6.66. The van der Waals surface area contributed by atoms with E-state index < -0.39 is 0 Å². The number of nitrogens with one attached hydrogen (secondary N) is 1. The number of rotatable bonds is 3. The number of benzene rings is 1. The molecular weight excluding hydrogens is 354 g/mol. The van der Waals surface area contributed by atoms with Crippen LogP contribution in [0.15, 0.2) is 35.1 Å². The summed E-state index contributed by atoms with van der Waals surface area (Å²) in [5.41, 5.74) is 1.78. The number of fused-ring (bicyclic) bond motifs is 1. The minimum absolute atomic E-state index is 0.0464. The number of hydrogen-bond acceptors (Lipinski definition) is 4. The number of aromatic amines is 1. The van der Waals surface area contributed by atoms with Crippen molar-refractivity contribution in [3.63, 3.8) is 0 Å². The average molecular weight is 374 g/mol. The van der Waals surface area contributed by atoms with E-state index in [2.05, 4.69) is 16.8 Å². The van der Waals surface area contributed by atoms with Crippen LogP contribution in [0.4, 0.5) is 0 Å². The Bertz CT molecular complexity index is 947. The van der Waals surface area contributed by atoms with E-state index in [1.54, 1.807) is 0 Å². The van der Waals surface area contributed by atoms with E-state index in [4.69, 9.17) is 16.6 Å². The lowest BCUT2D eigenvalue weighted by atomic mass is 10.0. The molecule has 4 nitrogen and oxygen atoms in total. The van der Waals surface area contributed by atoms with Gasteiger partial charge in [0.05, 0.1) is 12.1 Å². The van der Waals surface area contributed by atoms with Gasteiger partial charge in [0.2, 0.25) is 0 Å². The first-order valence-corrected chi connectivity index (χ1v) is 9.82. The Balaban J connectivity index is 1.67. The van der Waals surface area contributed by atoms with Gasteiger partial charge in [0, 0.05) is 15.9 Å². The molecule has 1 saturated heterocycles. The topological polar surface area (TPSA) is 49.0 Å². The lowest BCUT2D eigenvalue weighted by Gasteiger charge is -2.32. The highest BCUT2D eigenvalue weighted by Gasteiger charge is 2.20. The number of halogens is 1. The van der Waals surface area contributed by atoms with Gasteiger partial charge >= 0.3 is 0 Å². The van der Waals surface area contributed by atoms with Crippen LogP contribution in [0.2, 0.25) is 5.02 Å². The number of likely N-dealkylation sites (tertiary alicyclic amines) is 1. The van der Waals surface area contributed by atoms with Crippen molar-refractivity contribution in [1.82, 2.24) is 14.9 Å². The van der Waals surface area contributed by atoms with Crippen LogP contribution in [0.1, 0.15) is 32.0 Å². The molecule has 0 saturated carbocycles. The van der Waals surface area contributed by atoms with E-state index in [1.165, 1.54) is 30.6 Å². The standard InChI is InChI=1S/C19H20ClN3OS/c1-12-4-2-3-9-23(12)11-17-21-15-10-16(25-18(15)19(24)22-17)13-5-7-14(20)8-6-13/h5-8,10,12H,2-4,9,11H2,1H3,(H,21,22,24)/t12-/m0/s1. The van der Waals surface area contributed by atoms with Gasteiger partial charge in [-0.3, -0.25) is 9.69 Å². The van der Waals surface area contributed by atoms with E-state index in [9.17, 15) is 4.79 Å². The van der Waals surface area contributed by atoms with E-state index in [0.717, 1.165) is 28.3 Å². The molecule has 6 heteroatoms. The summed E-state index contributed by atoms with van der Waals surface area (Å²) in [6.07, 6.45) is 3.72. The van der Waals surface area contributed by atoms with Crippen molar-refractivity contribution in [2.24, 2.45) is 0 Å². The smallest absolute Gasteiger partial charge is 0.268 e. The predicted molar refractivity (Wildman–Crippen MR) is 104 cm³/mol. The van der Waals surface area contributed by atoms with Gasteiger partial charge in [-0.25, -0.2) is 4.98 Å². The van der Waals surface area contributed by atoms with Gasteiger partial charge in [-0.2, -0.15) is 0 Å². The van der Waals surface area contributed by atoms with Crippen molar-refractivity contribution >= 4 is 33.2 Å². The third-order valence-electron chi connectivity index (χ3n) is 4.85. The Kier molecular flexibility index (Phi) is 4.63. The Hall–Kier alpha value is -1.69. The van der Waals surface area contributed by atoms with Crippen molar-refractivity contribution in [2.45, 2.75) is 38.8 Å². The Labute approximate surface area is 155 Å². The molecule has 0 aliphatic carbocycles. The van der Waals surface area contributed by atoms with Crippen LogP contribution < -0.4 is 5.56 Å². The van der Waals surface area contributed by atoms with Crippen molar-refractivity contribution in [2.75, 3.05) is 6.54 Å². The van der Waals surface area contributed by atoms with E-state index in [1.807, 2.05) is 30.3 Å². The summed E-state index contributed by atoms with van der Waals surface area (Å²) < 4.78 is 0.681. The van der Waals surface area contributed by atoms with E-state index in [-0.39, 0.29) is 5.56 Å². The SMILES string of the molecule is C[C@H]1CCCCN1Cc1nc2cc(-c3ccc(Cl)cc3)sc2c(=O)[nH]1. The predicted octanol–water partition coefficient (Wildman–Crippen LogP) is 4.68. The minimum Gasteiger partial charge on any atom is -0.308 e. The number of piperidine rings is 1. The zero-order valence-electron chi connectivity index (χ0n) is 14.1. The summed E-state index contributed by atoms with van der Waals surface area (Å²) in [6, 6.07) is 10.2. The van der Waals surface area contributed by atoms with Crippen molar-refractivity contribution in [3.05, 3.63) is 51.5 Å². The van der Waals surface area contributed by atoms with Crippen LogP contribution in [-0.2, 0) is 6.54 Å². The van der Waals surface area contributed by atoms with Gasteiger partial charge in [0.25, 0.3) is 5.56 Å². The van der Waals surface area contributed by atoms with Crippen molar-refractivity contribution in [3.8, 4) is 10.4 Å². The quantitative estimate of drug-likeness (QED) is 0.725. The van der Waals surface area contributed by atoms with Crippen LogP contribution in [0.5, 0.6) is 0 Å². The van der Waals surface area contributed by atoms with Crippen LogP contribution in [0, 0.1) is 0 Å². The largest absolute Gasteiger partial charge is 0.308 e. The lowest BCUT2D eigenvalue weighted by Crippen LogP contribution is -2.37. The fraction of sp³-hybridized carbons (Fsp3) is 0.368.